The van der Waals surface area contributed by atoms with Crippen LogP contribution < -0.4 is 10.1 Å². The SMILES string of the molecule is COc1nsc(NC(=O)N2C[C@@H]3CCC[C@]3(C)C2)n1. The van der Waals surface area contributed by atoms with Crippen LogP contribution in [-0.2, 0) is 0 Å². The number of aromatic nitrogens is 2. The van der Waals surface area contributed by atoms with Crippen molar-refractivity contribution in [2.75, 3.05) is 25.5 Å². The number of anilines is 1. The predicted octanol–water partition coefficient (Wildman–Crippen LogP) is 2.20. The molecule has 0 unspecified atom stereocenters. The van der Waals surface area contributed by atoms with Crippen molar-refractivity contribution in [3.8, 4) is 6.01 Å². The maximum absolute atomic E-state index is 12.2. The number of hydrogen-bond acceptors (Lipinski definition) is 5. The fraction of sp³-hybridized carbons (Fsp3) is 0.750. The molecule has 2 aliphatic rings. The van der Waals surface area contributed by atoms with E-state index in [9.17, 15) is 4.79 Å². The number of hydrogen-bond donors (Lipinski definition) is 1. The van der Waals surface area contributed by atoms with Crippen LogP contribution in [0.5, 0.6) is 6.01 Å². The molecule has 0 spiro atoms. The summed E-state index contributed by atoms with van der Waals surface area (Å²) in [7, 11) is 1.51. The van der Waals surface area contributed by atoms with Crippen molar-refractivity contribution in [1.29, 1.82) is 0 Å². The Hall–Kier alpha value is -1.37. The van der Waals surface area contributed by atoms with E-state index in [0.717, 1.165) is 24.6 Å². The topological polar surface area (TPSA) is 67.3 Å². The number of nitrogens with zero attached hydrogens (tertiary/aromatic N) is 3. The second-order valence-corrected chi connectivity index (χ2v) is 6.39. The first-order valence-corrected chi connectivity index (χ1v) is 7.32. The third kappa shape index (κ3) is 2.27. The van der Waals surface area contributed by atoms with Crippen LogP contribution in [-0.4, -0.2) is 40.5 Å². The summed E-state index contributed by atoms with van der Waals surface area (Å²) in [5, 5.41) is 3.29. The number of fused-ring (bicyclic) bond motifs is 1. The van der Waals surface area contributed by atoms with Gasteiger partial charge in [-0.15, -0.1) is 4.37 Å². The number of urea groups is 1. The lowest BCUT2D eigenvalue weighted by molar-refractivity contribution is 0.214. The highest BCUT2D eigenvalue weighted by atomic mass is 32.1. The number of methoxy groups -OCH3 is 1. The molecule has 1 saturated heterocycles. The van der Waals surface area contributed by atoms with E-state index in [0.29, 0.717) is 22.5 Å². The maximum Gasteiger partial charge on any atom is 0.329 e. The summed E-state index contributed by atoms with van der Waals surface area (Å²) in [4.78, 5) is 18.2. The van der Waals surface area contributed by atoms with Gasteiger partial charge >= 0.3 is 12.0 Å². The Balaban J connectivity index is 1.62. The molecule has 1 aliphatic heterocycles. The molecule has 104 valence electrons. The van der Waals surface area contributed by atoms with E-state index < -0.39 is 0 Å². The van der Waals surface area contributed by atoms with Gasteiger partial charge in [-0.3, -0.25) is 5.32 Å². The fourth-order valence-electron chi connectivity index (χ4n) is 3.26. The minimum Gasteiger partial charge on any atom is -0.466 e. The van der Waals surface area contributed by atoms with Crippen molar-refractivity contribution in [3.63, 3.8) is 0 Å². The van der Waals surface area contributed by atoms with Gasteiger partial charge in [-0.25, -0.2) is 4.79 Å². The molecule has 1 saturated carbocycles. The Morgan fingerprint density at radius 3 is 3.16 bits per heavy atom. The number of nitrogens with one attached hydrogen (secondary N) is 1. The van der Waals surface area contributed by atoms with Crippen molar-refractivity contribution in [1.82, 2.24) is 14.3 Å². The fourth-order valence-corrected chi connectivity index (χ4v) is 3.79. The summed E-state index contributed by atoms with van der Waals surface area (Å²) in [6, 6.07) is 0.222. The van der Waals surface area contributed by atoms with Crippen LogP contribution in [0.1, 0.15) is 26.2 Å². The molecule has 1 aromatic rings. The van der Waals surface area contributed by atoms with Crippen molar-refractivity contribution in [2.45, 2.75) is 26.2 Å². The van der Waals surface area contributed by atoms with E-state index in [2.05, 4.69) is 21.6 Å². The zero-order chi connectivity index (χ0) is 13.5. The molecule has 2 fully saturated rings. The summed E-state index contributed by atoms with van der Waals surface area (Å²) in [6.45, 7) is 4.00. The van der Waals surface area contributed by atoms with Gasteiger partial charge in [-0.2, -0.15) is 4.98 Å². The second-order valence-electron chi connectivity index (χ2n) is 5.64. The molecule has 19 heavy (non-hydrogen) atoms. The molecular formula is C12H18N4O2S. The van der Waals surface area contributed by atoms with Crippen LogP contribution in [0.25, 0.3) is 0 Å². The first kappa shape index (κ1) is 12.7. The van der Waals surface area contributed by atoms with Gasteiger partial charge in [0.05, 0.1) is 7.11 Å². The normalized spacial score (nSPS) is 29.4. The Labute approximate surface area is 116 Å². The highest BCUT2D eigenvalue weighted by Crippen LogP contribution is 2.48. The minimum absolute atomic E-state index is 0.0746. The van der Waals surface area contributed by atoms with Gasteiger partial charge in [-0.1, -0.05) is 13.3 Å². The van der Waals surface area contributed by atoms with Gasteiger partial charge in [0.1, 0.15) is 0 Å². The monoisotopic (exact) mass is 282 g/mol. The van der Waals surface area contributed by atoms with Gasteiger partial charge in [0.15, 0.2) is 0 Å². The van der Waals surface area contributed by atoms with Gasteiger partial charge in [0, 0.05) is 24.6 Å². The van der Waals surface area contributed by atoms with Crippen LogP contribution in [0.3, 0.4) is 0 Å². The molecule has 6 nitrogen and oxygen atoms in total. The lowest BCUT2D eigenvalue weighted by Gasteiger charge is -2.22. The molecule has 0 radical (unpaired) electrons. The quantitative estimate of drug-likeness (QED) is 0.903. The summed E-state index contributed by atoms with van der Waals surface area (Å²) in [5.74, 6) is 0.655. The number of likely N-dealkylation sites (tertiary alicyclic amines) is 1. The van der Waals surface area contributed by atoms with Crippen LogP contribution in [0.2, 0.25) is 0 Å². The van der Waals surface area contributed by atoms with Crippen molar-refractivity contribution in [3.05, 3.63) is 0 Å². The lowest BCUT2D eigenvalue weighted by Crippen LogP contribution is -2.34. The average Bonchev–Trinajstić information content (AvgIpc) is 3.02. The third-order valence-corrected chi connectivity index (χ3v) is 4.98. The van der Waals surface area contributed by atoms with Crippen LogP contribution in [0, 0.1) is 11.3 Å². The average molecular weight is 282 g/mol. The molecule has 0 aromatic carbocycles. The van der Waals surface area contributed by atoms with E-state index in [1.165, 1.54) is 26.4 Å². The van der Waals surface area contributed by atoms with Gasteiger partial charge < -0.3 is 9.64 Å². The maximum atomic E-state index is 12.2. The molecule has 2 atom stereocenters. The van der Waals surface area contributed by atoms with E-state index in [1.54, 1.807) is 0 Å². The second kappa shape index (κ2) is 4.63. The van der Waals surface area contributed by atoms with E-state index >= 15 is 0 Å². The molecule has 1 N–H and O–H groups in total. The zero-order valence-corrected chi connectivity index (χ0v) is 12.0. The summed E-state index contributed by atoms with van der Waals surface area (Å²) < 4.78 is 8.86. The van der Waals surface area contributed by atoms with Crippen LogP contribution in [0.15, 0.2) is 0 Å². The lowest BCUT2D eigenvalue weighted by atomic mass is 9.83. The molecule has 7 heteroatoms. The largest absolute Gasteiger partial charge is 0.466 e. The molecule has 2 heterocycles. The Bertz CT molecular complexity index is 492. The summed E-state index contributed by atoms with van der Waals surface area (Å²) >= 11 is 1.14. The van der Waals surface area contributed by atoms with Crippen LogP contribution >= 0.6 is 11.5 Å². The van der Waals surface area contributed by atoms with E-state index in [4.69, 9.17) is 4.74 Å². The first-order valence-electron chi connectivity index (χ1n) is 6.54. The van der Waals surface area contributed by atoms with Crippen LogP contribution in [0.4, 0.5) is 9.93 Å². The van der Waals surface area contributed by atoms with Crippen molar-refractivity contribution >= 4 is 22.7 Å². The Morgan fingerprint density at radius 1 is 1.63 bits per heavy atom. The molecule has 1 aromatic heterocycles. The third-order valence-electron chi connectivity index (χ3n) is 4.37. The van der Waals surface area contributed by atoms with E-state index in [-0.39, 0.29) is 6.03 Å². The first-order chi connectivity index (χ1) is 9.10. The van der Waals surface area contributed by atoms with Crippen molar-refractivity contribution in [2.24, 2.45) is 11.3 Å². The molecule has 0 bridgehead atoms. The highest BCUT2D eigenvalue weighted by Gasteiger charge is 2.47. The molecule has 2 amide bonds. The number of carbonyl (C=O) groups is 1. The molecular weight excluding hydrogens is 264 g/mol. The minimum atomic E-state index is -0.0746. The predicted molar refractivity (Wildman–Crippen MR) is 72.5 cm³/mol. The number of carbonyl (C=O) groups excluding carboxylic acids is 1. The summed E-state index contributed by atoms with van der Waals surface area (Å²) in [6.07, 6.45) is 3.77. The zero-order valence-electron chi connectivity index (χ0n) is 11.2. The standard InChI is InChI=1S/C12H18N4O2S/c1-12-5-3-4-8(12)6-16(7-12)11(17)14-10-13-9(18-2)15-19-10/h8H,3-7H2,1-2H3,(H,13,14,15,17)/t8-,12+/m0/s1. The van der Waals surface area contributed by atoms with Gasteiger partial charge in [0.25, 0.3) is 0 Å². The van der Waals surface area contributed by atoms with E-state index in [1.807, 2.05) is 4.90 Å². The molecule has 3 rings (SSSR count). The van der Waals surface area contributed by atoms with Gasteiger partial charge in [0.2, 0.25) is 5.13 Å². The molecule has 1 aliphatic carbocycles. The number of rotatable bonds is 2. The smallest absolute Gasteiger partial charge is 0.329 e. The highest BCUT2D eigenvalue weighted by molar-refractivity contribution is 7.10. The Kier molecular flexibility index (Phi) is 3.08. The van der Waals surface area contributed by atoms with Gasteiger partial charge in [-0.05, 0) is 24.2 Å². The Morgan fingerprint density at radius 2 is 2.47 bits per heavy atom. The number of amides is 2. The van der Waals surface area contributed by atoms with Crippen molar-refractivity contribution < 1.29 is 9.53 Å². The summed E-state index contributed by atoms with van der Waals surface area (Å²) in [5.41, 5.74) is 0.316. The number of ether oxygens (including phenoxy) is 1.